The van der Waals surface area contributed by atoms with Crippen molar-refractivity contribution in [2.45, 2.75) is 21.1 Å². The van der Waals surface area contributed by atoms with Crippen LogP contribution in [0.4, 0.5) is 11.4 Å². The molecule has 33 heavy (non-hydrogen) atoms. The number of β-amino-alcohol motifs (C(OH)–C–C–N with tert-alkyl or cyclic N) is 1. The Morgan fingerprint density at radius 1 is 0.909 bits per heavy atom. The molecule has 0 aliphatic carbocycles. The van der Waals surface area contributed by atoms with Crippen molar-refractivity contribution in [2.75, 3.05) is 71.4 Å². The number of sulfonamides is 1. The molecule has 0 radical (unpaired) electrons. The molecule has 2 aromatic rings. The van der Waals surface area contributed by atoms with E-state index in [9.17, 15) is 12.6 Å². The number of hydrogen-bond acceptors (Lipinski definition) is 7. The van der Waals surface area contributed by atoms with Crippen LogP contribution in [0.5, 0.6) is 0 Å². The molecular weight excluding hydrogens is 460 g/mol. The van der Waals surface area contributed by atoms with Crippen LogP contribution < -0.4 is 4.90 Å². The first-order valence-electron chi connectivity index (χ1n) is 11.2. The number of para-hydroxylation sites is 1. The summed E-state index contributed by atoms with van der Waals surface area (Å²) in [5.74, 6) is 0. The molecule has 8 nitrogen and oxygen atoms in total. The molecule has 0 saturated carbocycles. The molecule has 2 aliphatic heterocycles. The number of fused-ring (bicyclic) bond motifs is 2. The lowest BCUT2D eigenvalue weighted by Gasteiger charge is -2.36. The smallest absolute Gasteiger partial charge is 0.242 e. The molecule has 10 heteroatoms. The van der Waals surface area contributed by atoms with Crippen molar-refractivity contribution in [3.63, 3.8) is 0 Å². The standard InChI is InChI=1S/C23H32N4O4S2/c1-24(2)33(30,31)19-8-9-23-21(18-19)27(20-6-3-4-7-22(20)32(23)29)11-5-10-25-12-14-26(15-13-25)16-17-28/h3-4,6-9,18,28H,5,10-17H2,1-2H3. The Bertz CT molecular complexity index is 1120. The summed E-state index contributed by atoms with van der Waals surface area (Å²) in [6.45, 7) is 6.42. The molecule has 2 aromatic carbocycles. The van der Waals surface area contributed by atoms with Crippen LogP contribution in [0.3, 0.4) is 0 Å². The molecule has 0 bridgehead atoms. The van der Waals surface area contributed by atoms with E-state index >= 15 is 0 Å². The number of anilines is 2. The van der Waals surface area contributed by atoms with Gasteiger partial charge in [-0.3, -0.25) is 4.90 Å². The van der Waals surface area contributed by atoms with E-state index < -0.39 is 20.8 Å². The van der Waals surface area contributed by atoms with Gasteiger partial charge in [-0.15, -0.1) is 0 Å². The molecule has 1 atom stereocenters. The minimum absolute atomic E-state index is 0.195. The maximum absolute atomic E-state index is 13.2. The van der Waals surface area contributed by atoms with E-state index in [1.807, 2.05) is 24.3 Å². The highest BCUT2D eigenvalue weighted by atomic mass is 32.2. The zero-order chi connectivity index (χ0) is 23.6. The summed E-state index contributed by atoms with van der Waals surface area (Å²) in [4.78, 5) is 8.41. The van der Waals surface area contributed by atoms with Crippen molar-refractivity contribution >= 4 is 32.2 Å². The number of hydrogen-bond donors (Lipinski definition) is 1. The third-order valence-corrected chi connectivity index (χ3v) is 9.59. The molecular formula is C23H32N4O4S2. The van der Waals surface area contributed by atoms with E-state index in [0.29, 0.717) is 17.1 Å². The summed E-state index contributed by atoms with van der Waals surface area (Å²) in [6.07, 6.45) is 0.894. The van der Waals surface area contributed by atoms with E-state index in [-0.39, 0.29) is 11.5 Å². The molecule has 1 N–H and O–H groups in total. The quantitative estimate of drug-likeness (QED) is 0.599. The van der Waals surface area contributed by atoms with Gasteiger partial charge in [0.2, 0.25) is 10.0 Å². The van der Waals surface area contributed by atoms with Gasteiger partial charge < -0.3 is 14.9 Å². The van der Waals surface area contributed by atoms with Gasteiger partial charge in [-0.05, 0) is 43.3 Å². The van der Waals surface area contributed by atoms with E-state index in [0.717, 1.165) is 56.3 Å². The summed E-state index contributed by atoms with van der Waals surface area (Å²) in [7, 11) is -1.93. The SMILES string of the molecule is CN(C)S(=O)(=O)c1ccc2c(c1)N(CCCN1CCN(CCO)CC1)c1ccccc1S2=O. The van der Waals surface area contributed by atoms with Crippen LogP contribution >= 0.6 is 0 Å². The second-order valence-corrected chi connectivity index (χ2v) is 12.1. The lowest BCUT2D eigenvalue weighted by molar-refractivity contribution is 0.112. The van der Waals surface area contributed by atoms with Gasteiger partial charge in [0.25, 0.3) is 0 Å². The molecule has 180 valence electrons. The van der Waals surface area contributed by atoms with Crippen LogP contribution in [0.25, 0.3) is 0 Å². The highest BCUT2D eigenvalue weighted by Gasteiger charge is 2.30. The summed E-state index contributed by atoms with van der Waals surface area (Å²) in [5.41, 5.74) is 1.57. The second kappa shape index (κ2) is 10.2. The minimum Gasteiger partial charge on any atom is -0.395 e. The number of nitrogens with zero attached hydrogens (tertiary/aromatic N) is 4. The Balaban J connectivity index is 1.56. The molecule has 1 fully saturated rings. The summed E-state index contributed by atoms with van der Waals surface area (Å²) >= 11 is 0. The van der Waals surface area contributed by atoms with Crippen LogP contribution in [0.15, 0.2) is 57.2 Å². The van der Waals surface area contributed by atoms with Crippen LogP contribution in [0, 0.1) is 0 Å². The third-order valence-electron chi connectivity index (χ3n) is 6.29. The lowest BCUT2D eigenvalue weighted by Crippen LogP contribution is -2.47. The first kappa shape index (κ1) is 24.3. The Labute approximate surface area is 198 Å². The first-order valence-corrected chi connectivity index (χ1v) is 13.8. The zero-order valence-electron chi connectivity index (χ0n) is 19.2. The number of rotatable bonds is 8. The van der Waals surface area contributed by atoms with Crippen molar-refractivity contribution < 1.29 is 17.7 Å². The fourth-order valence-corrected chi connectivity index (χ4v) is 6.67. The predicted octanol–water partition coefficient (Wildman–Crippen LogP) is 1.56. The number of benzene rings is 2. The van der Waals surface area contributed by atoms with Gasteiger partial charge in [0.1, 0.15) is 0 Å². The topological polar surface area (TPSA) is 84.4 Å². The number of aliphatic hydroxyl groups excluding tert-OH is 1. The Kier molecular flexibility index (Phi) is 7.52. The highest BCUT2D eigenvalue weighted by molar-refractivity contribution is 7.89. The van der Waals surface area contributed by atoms with Gasteiger partial charge in [-0.25, -0.2) is 16.9 Å². The predicted molar refractivity (Wildman–Crippen MR) is 130 cm³/mol. The van der Waals surface area contributed by atoms with E-state index in [2.05, 4.69) is 14.7 Å². The molecule has 0 amide bonds. The van der Waals surface area contributed by atoms with Gasteiger partial charge in [0, 0.05) is 53.4 Å². The van der Waals surface area contributed by atoms with Crippen molar-refractivity contribution in [1.29, 1.82) is 0 Å². The average molecular weight is 493 g/mol. The minimum atomic E-state index is -3.60. The first-order chi connectivity index (χ1) is 15.8. The van der Waals surface area contributed by atoms with Crippen LogP contribution in [0.1, 0.15) is 6.42 Å². The maximum atomic E-state index is 13.2. The van der Waals surface area contributed by atoms with Gasteiger partial charge in [0.15, 0.2) is 0 Å². The summed E-state index contributed by atoms with van der Waals surface area (Å²) < 4.78 is 39.9. The largest absolute Gasteiger partial charge is 0.395 e. The molecule has 2 heterocycles. The maximum Gasteiger partial charge on any atom is 0.242 e. The number of aliphatic hydroxyl groups is 1. The fourth-order valence-electron chi connectivity index (χ4n) is 4.39. The van der Waals surface area contributed by atoms with Crippen LogP contribution in [0.2, 0.25) is 0 Å². The lowest BCUT2D eigenvalue weighted by atomic mass is 10.2. The number of piperazine rings is 1. The van der Waals surface area contributed by atoms with Crippen LogP contribution in [-0.4, -0.2) is 98.4 Å². The van der Waals surface area contributed by atoms with Crippen molar-refractivity contribution in [2.24, 2.45) is 0 Å². The molecule has 4 rings (SSSR count). The van der Waals surface area contributed by atoms with Gasteiger partial charge in [0.05, 0.1) is 43.5 Å². The molecule has 1 unspecified atom stereocenters. The van der Waals surface area contributed by atoms with E-state index in [1.54, 1.807) is 18.2 Å². The van der Waals surface area contributed by atoms with Gasteiger partial charge in [-0.2, -0.15) is 0 Å². The fraction of sp³-hybridized carbons (Fsp3) is 0.478. The monoisotopic (exact) mass is 492 g/mol. The van der Waals surface area contributed by atoms with Crippen molar-refractivity contribution in [1.82, 2.24) is 14.1 Å². The Morgan fingerprint density at radius 3 is 2.21 bits per heavy atom. The van der Waals surface area contributed by atoms with Crippen molar-refractivity contribution in [3.05, 3.63) is 42.5 Å². The van der Waals surface area contributed by atoms with Gasteiger partial charge in [-0.1, -0.05) is 12.1 Å². The second-order valence-electron chi connectivity index (χ2n) is 8.57. The third kappa shape index (κ3) is 5.01. The summed E-state index contributed by atoms with van der Waals surface area (Å²) in [6, 6.07) is 12.5. The van der Waals surface area contributed by atoms with Gasteiger partial charge >= 0.3 is 0 Å². The molecule has 1 saturated heterocycles. The normalized spacial score (nSPS) is 19.5. The van der Waals surface area contributed by atoms with E-state index in [4.69, 9.17) is 5.11 Å². The van der Waals surface area contributed by atoms with E-state index in [1.165, 1.54) is 18.4 Å². The Morgan fingerprint density at radius 2 is 1.55 bits per heavy atom. The Hall–Kier alpha value is -1.82. The summed E-state index contributed by atoms with van der Waals surface area (Å²) in [5, 5.41) is 9.13. The molecule has 0 aromatic heterocycles. The van der Waals surface area contributed by atoms with Crippen LogP contribution in [-0.2, 0) is 20.8 Å². The molecule has 0 spiro atoms. The molecule has 2 aliphatic rings. The zero-order valence-corrected chi connectivity index (χ0v) is 20.8. The van der Waals surface area contributed by atoms with Crippen molar-refractivity contribution in [3.8, 4) is 0 Å². The highest BCUT2D eigenvalue weighted by Crippen LogP contribution is 2.43. The average Bonchev–Trinajstić information content (AvgIpc) is 2.82.